The minimum atomic E-state index is -4.69. The van der Waals surface area contributed by atoms with Gasteiger partial charge in [-0.15, -0.1) is 20.4 Å². The number of amides is 1. The van der Waals surface area contributed by atoms with Crippen LogP contribution in [-0.4, -0.2) is 31.0 Å². The molecular weight excluding hydrogens is 415 g/mol. The molecule has 3 rings (SSSR count). The molecule has 0 atom stereocenters. The number of carbonyl (C=O) groups is 1. The van der Waals surface area contributed by atoms with E-state index in [1.54, 1.807) is 0 Å². The molecule has 0 aliphatic rings. The number of hydrogen-bond acceptors (Lipinski definition) is 8. The fraction of sp³-hybridized carbons (Fsp3) is 0.267. The van der Waals surface area contributed by atoms with Gasteiger partial charge < -0.3 is 11.2 Å². The molecule has 28 heavy (non-hydrogen) atoms. The maximum atomic E-state index is 12.7. The SMILES string of the molecule is Cc1ccc(CNC(=O)c2nnc(CSc3nnc(C(F)(F)F)n3N)s2)cc1. The van der Waals surface area contributed by atoms with Crippen molar-refractivity contribution in [3.63, 3.8) is 0 Å². The second-order valence-electron chi connectivity index (χ2n) is 5.63. The number of nitrogens with zero attached hydrogens (tertiary/aromatic N) is 5. The molecule has 3 N–H and O–H groups in total. The molecule has 0 fully saturated rings. The topological polar surface area (TPSA) is 112 Å². The van der Waals surface area contributed by atoms with Gasteiger partial charge in [0.2, 0.25) is 10.2 Å². The first-order valence-corrected chi connectivity index (χ1v) is 9.61. The number of alkyl halides is 3. The lowest BCUT2D eigenvalue weighted by Gasteiger charge is -2.05. The molecule has 0 saturated heterocycles. The van der Waals surface area contributed by atoms with Crippen LogP contribution in [0.5, 0.6) is 0 Å². The molecule has 0 bridgehead atoms. The Balaban J connectivity index is 1.56. The Bertz CT molecular complexity index is 969. The van der Waals surface area contributed by atoms with Gasteiger partial charge in [-0.2, -0.15) is 13.2 Å². The van der Waals surface area contributed by atoms with Gasteiger partial charge in [0.15, 0.2) is 0 Å². The van der Waals surface area contributed by atoms with Gasteiger partial charge >= 0.3 is 6.18 Å². The summed E-state index contributed by atoms with van der Waals surface area (Å²) < 4.78 is 38.3. The molecule has 8 nitrogen and oxygen atoms in total. The number of halogens is 3. The van der Waals surface area contributed by atoms with Crippen molar-refractivity contribution in [1.82, 2.24) is 30.4 Å². The van der Waals surface area contributed by atoms with E-state index in [-0.39, 0.29) is 21.8 Å². The molecule has 2 aromatic heterocycles. The van der Waals surface area contributed by atoms with Crippen molar-refractivity contribution in [3.05, 3.63) is 51.2 Å². The molecule has 0 saturated carbocycles. The molecule has 13 heteroatoms. The third-order valence-electron chi connectivity index (χ3n) is 3.48. The number of carbonyl (C=O) groups excluding carboxylic acids is 1. The predicted octanol–water partition coefficient (Wildman–Crippen LogP) is 2.39. The lowest BCUT2D eigenvalue weighted by Crippen LogP contribution is -2.22. The van der Waals surface area contributed by atoms with Crippen LogP contribution in [0.15, 0.2) is 29.4 Å². The molecule has 3 aromatic rings. The second-order valence-corrected chi connectivity index (χ2v) is 7.64. The Hall–Kier alpha value is -2.67. The zero-order chi connectivity index (χ0) is 20.3. The zero-order valence-electron chi connectivity index (χ0n) is 14.4. The molecule has 148 valence electrons. The smallest absolute Gasteiger partial charge is 0.346 e. The Kier molecular flexibility index (Phi) is 5.84. The summed E-state index contributed by atoms with van der Waals surface area (Å²) in [5.41, 5.74) is 2.07. The highest BCUT2D eigenvalue weighted by atomic mass is 32.2. The molecule has 0 radical (unpaired) electrons. The number of hydrogen-bond donors (Lipinski definition) is 2. The summed E-state index contributed by atoms with van der Waals surface area (Å²) in [5.74, 6) is 3.85. The van der Waals surface area contributed by atoms with Gasteiger partial charge in [0.25, 0.3) is 11.7 Å². The summed E-state index contributed by atoms with van der Waals surface area (Å²) in [6.45, 7) is 2.32. The maximum absolute atomic E-state index is 12.7. The van der Waals surface area contributed by atoms with Crippen LogP contribution in [0.3, 0.4) is 0 Å². The number of nitrogens with one attached hydrogen (secondary N) is 1. The quantitative estimate of drug-likeness (QED) is 0.457. The lowest BCUT2D eigenvalue weighted by molar-refractivity contribution is -0.146. The van der Waals surface area contributed by atoms with E-state index in [1.807, 2.05) is 31.2 Å². The Morgan fingerprint density at radius 2 is 1.93 bits per heavy atom. The number of rotatable bonds is 6. The van der Waals surface area contributed by atoms with Crippen LogP contribution in [0.4, 0.5) is 13.2 Å². The fourth-order valence-corrected chi connectivity index (χ4v) is 3.66. The van der Waals surface area contributed by atoms with Gasteiger partial charge in [-0.3, -0.25) is 4.79 Å². The molecule has 1 amide bonds. The van der Waals surface area contributed by atoms with Crippen LogP contribution in [-0.2, 0) is 18.5 Å². The number of nitrogen functional groups attached to an aromatic ring is 1. The molecule has 2 heterocycles. The van der Waals surface area contributed by atoms with Crippen molar-refractivity contribution in [2.45, 2.75) is 30.6 Å². The average molecular weight is 429 g/mol. The second kappa shape index (κ2) is 8.14. The third-order valence-corrected chi connectivity index (χ3v) is 5.54. The maximum Gasteiger partial charge on any atom is 0.453 e. The van der Waals surface area contributed by atoms with E-state index in [0.29, 0.717) is 16.2 Å². The van der Waals surface area contributed by atoms with Crippen molar-refractivity contribution < 1.29 is 18.0 Å². The Morgan fingerprint density at radius 3 is 2.57 bits per heavy atom. The predicted molar refractivity (Wildman–Crippen MR) is 97.0 cm³/mol. The highest BCUT2D eigenvalue weighted by molar-refractivity contribution is 7.98. The van der Waals surface area contributed by atoms with Gasteiger partial charge in [0.05, 0.1) is 5.75 Å². The van der Waals surface area contributed by atoms with Crippen LogP contribution < -0.4 is 11.2 Å². The van der Waals surface area contributed by atoms with Gasteiger partial charge in [0, 0.05) is 6.54 Å². The van der Waals surface area contributed by atoms with Crippen LogP contribution in [0.2, 0.25) is 0 Å². The monoisotopic (exact) mass is 429 g/mol. The Labute approximate surface area is 165 Å². The molecule has 0 aliphatic heterocycles. The lowest BCUT2D eigenvalue weighted by atomic mass is 10.1. The van der Waals surface area contributed by atoms with Gasteiger partial charge in [-0.05, 0) is 12.5 Å². The summed E-state index contributed by atoms with van der Waals surface area (Å²) in [6, 6.07) is 7.72. The van der Waals surface area contributed by atoms with Crippen molar-refractivity contribution in [2.75, 3.05) is 5.84 Å². The number of thioether (sulfide) groups is 1. The third kappa shape index (κ3) is 4.78. The minimum absolute atomic E-state index is 0.118. The highest BCUT2D eigenvalue weighted by Crippen LogP contribution is 2.30. The van der Waals surface area contributed by atoms with E-state index in [1.165, 1.54) is 0 Å². The van der Waals surface area contributed by atoms with Crippen LogP contribution in [0, 0.1) is 6.92 Å². The van der Waals surface area contributed by atoms with Gasteiger partial charge in [0.1, 0.15) is 5.01 Å². The van der Waals surface area contributed by atoms with E-state index < -0.39 is 12.0 Å². The fourth-order valence-electron chi connectivity index (χ4n) is 2.06. The molecule has 1 aromatic carbocycles. The van der Waals surface area contributed by atoms with Crippen LogP contribution >= 0.6 is 23.1 Å². The largest absolute Gasteiger partial charge is 0.453 e. The van der Waals surface area contributed by atoms with Gasteiger partial charge in [-0.25, -0.2) is 4.68 Å². The summed E-state index contributed by atoms with van der Waals surface area (Å²) in [4.78, 5) is 12.2. The Morgan fingerprint density at radius 1 is 1.21 bits per heavy atom. The molecular formula is C15H14F3N7OS2. The number of benzene rings is 1. The zero-order valence-corrected chi connectivity index (χ0v) is 16.0. The molecule has 0 aliphatic carbocycles. The average Bonchev–Trinajstić information content (AvgIpc) is 3.25. The first kappa shape index (κ1) is 20.1. The van der Waals surface area contributed by atoms with Crippen LogP contribution in [0.25, 0.3) is 0 Å². The normalized spacial score (nSPS) is 11.6. The van der Waals surface area contributed by atoms with E-state index in [2.05, 4.69) is 25.7 Å². The summed E-state index contributed by atoms with van der Waals surface area (Å²) in [7, 11) is 0. The van der Waals surface area contributed by atoms with E-state index in [0.717, 1.165) is 34.2 Å². The summed E-state index contributed by atoms with van der Waals surface area (Å²) >= 11 is 1.95. The van der Waals surface area contributed by atoms with Crippen molar-refractivity contribution in [1.29, 1.82) is 0 Å². The number of aryl methyl sites for hydroxylation is 1. The first-order chi connectivity index (χ1) is 13.2. The first-order valence-electron chi connectivity index (χ1n) is 7.80. The minimum Gasteiger partial charge on any atom is -0.346 e. The van der Waals surface area contributed by atoms with Crippen molar-refractivity contribution >= 4 is 29.0 Å². The molecule has 0 spiro atoms. The van der Waals surface area contributed by atoms with E-state index in [9.17, 15) is 18.0 Å². The summed E-state index contributed by atoms with van der Waals surface area (Å²) in [6.07, 6.45) is -4.69. The summed E-state index contributed by atoms with van der Waals surface area (Å²) in [5, 5.41) is 17.4. The number of aromatic nitrogens is 5. The van der Waals surface area contributed by atoms with Crippen LogP contribution in [0.1, 0.15) is 31.8 Å². The van der Waals surface area contributed by atoms with E-state index in [4.69, 9.17) is 5.84 Å². The van der Waals surface area contributed by atoms with Gasteiger partial charge in [-0.1, -0.05) is 52.9 Å². The standard InChI is InChI=1S/C15H14F3N7OS2/c1-8-2-4-9(5-3-8)6-20-11(26)12-22-21-10(28-12)7-27-14-24-23-13(25(14)19)15(16,17)18/h2-5H,6-7,19H2,1H3,(H,20,26). The highest BCUT2D eigenvalue weighted by Gasteiger charge is 2.38. The van der Waals surface area contributed by atoms with E-state index >= 15 is 0 Å². The van der Waals surface area contributed by atoms with Crippen molar-refractivity contribution in [3.8, 4) is 0 Å². The molecule has 0 unspecified atom stereocenters. The number of nitrogens with two attached hydrogens (primary N) is 1. The van der Waals surface area contributed by atoms with Crippen molar-refractivity contribution in [2.24, 2.45) is 0 Å².